The van der Waals surface area contributed by atoms with Gasteiger partial charge < -0.3 is 5.11 Å². The molecule has 0 fully saturated rings. The fourth-order valence-corrected chi connectivity index (χ4v) is 1.31. The minimum absolute atomic E-state index is 0.148. The van der Waals surface area contributed by atoms with Crippen molar-refractivity contribution in [1.82, 2.24) is 9.66 Å². The van der Waals surface area contributed by atoms with Crippen LogP contribution < -0.4 is 5.01 Å². The first-order valence-electron chi connectivity index (χ1n) is 4.46. The molecular formula is C9H12N4O. The monoisotopic (exact) mass is 192 g/mol. The van der Waals surface area contributed by atoms with Gasteiger partial charge in [-0.1, -0.05) is 0 Å². The lowest BCUT2D eigenvalue weighted by Gasteiger charge is -2.22. The predicted octanol–water partition coefficient (Wildman–Crippen LogP) is 0.129. The van der Waals surface area contributed by atoms with Gasteiger partial charge in [-0.3, -0.25) is 10.0 Å². The van der Waals surface area contributed by atoms with Crippen LogP contribution >= 0.6 is 0 Å². The molecule has 1 N–H and O–H groups in total. The van der Waals surface area contributed by atoms with Crippen molar-refractivity contribution in [1.29, 1.82) is 0 Å². The lowest BCUT2D eigenvalue weighted by atomic mass is 10.2. The van der Waals surface area contributed by atoms with Gasteiger partial charge in [-0.2, -0.15) is 0 Å². The van der Waals surface area contributed by atoms with Crippen LogP contribution in [-0.4, -0.2) is 34.3 Å². The van der Waals surface area contributed by atoms with Crippen LogP contribution in [0.5, 0.6) is 0 Å². The van der Waals surface area contributed by atoms with Crippen LogP contribution in [0.25, 0.3) is 0 Å². The Bertz CT molecular complexity index is 342. The van der Waals surface area contributed by atoms with Crippen molar-refractivity contribution in [3.8, 4) is 0 Å². The molecule has 74 valence electrons. The van der Waals surface area contributed by atoms with Gasteiger partial charge in [-0.05, 0) is 12.0 Å². The topological polar surface area (TPSA) is 53.6 Å². The Morgan fingerprint density at radius 2 is 2.43 bits per heavy atom. The molecule has 0 saturated carbocycles. The Hall–Kier alpha value is -1.62. The highest BCUT2D eigenvalue weighted by Crippen LogP contribution is 2.05. The second-order valence-electron chi connectivity index (χ2n) is 3.01. The molecule has 0 aliphatic carbocycles. The van der Waals surface area contributed by atoms with Gasteiger partial charge in [0.05, 0.1) is 0 Å². The fraction of sp³-hybridized carbons (Fsp3) is 0.333. The maximum absolute atomic E-state index is 8.80. The molecule has 1 aliphatic rings. The number of imidazole rings is 1. The summed E-state index contributed by atoms with van der Waals surface area (Å²) in [6, 6.07) is 0. The molecule has 5 nitrogen and oxygen atoms in total. The second kappa shape index (κ2) is 4.06. The third-order valence-corrected chi connectivity index (χ3v) is 1.99. The normalized spacial score (nSPS) is 15.8. The molecule has 2 rings (SSSR count). The van der Waals surface area contributed by atoms with E-state index in [9.17, 15) is 0 Å². The van der Waals surface area contributed by atoms with Crippen LogP contribution in [-0.2, 0) is 0 Å². The maximum Gasteiger partial charge on any atom is 0.129 e. The summed E-state index contributed by atoms with van der Waals surface area (Å²) in [5.74, 6) is 0. The number of aliphatic hydroxyl groups is 1. The Labute approximate surface area is 82.0 Å². The average Bonchev–Trinajstić information content (AvgIpc) is 2.71. The van der Waals surface area contributed by atoms with Gasteiger partial charge in [0.25, 0.3) is 0 Å². The number of aliphatic hydroxyl groups excluding tert-OH is 1. The van der Waals surface area contributed by atoms with Crippen LogP contribution in [0, 0.1) is 0 Å². The van der Waals surface area contributed by atoms with Crippen molar-refractivity contribution in [2.24, 2.45) is 4.99 Å². The number of aliphatic imine (C=N–C) groups is 1. The minimum Gasteiger partial charge on any atom is -0.396 e. The standard InChI is InChI=1S/C9H12N4O/c14-4-1-9-5-11-8-13(6-9)12-3-2-10-7-12/h2-3,5-7,14H,1,4,8H2. The van der Waals surface area contributed by atoms with Gasteiger partial charge in [-0.25, -0.2) is 9.66 Å². The van der Waals surface area contributed by atoms with E-state index in [2.05, 4.69) is 9.98 Å². The molecule has 2 heterocycles. The Morgan fingerprint density at radius 1 is 1.50 bits per heavy atom. The first-order valence-corrected chi connectivity index (χ1v) is 4.46. The molecule has 0 aromatic carbocycles. The highest BCUT2D eigenvalue weighted by molar-refractivity contribution is 5.79. The van der Waals surface area contributed by atoms with Gasteiger partial charge in [0.15, 0.2) is 0 Å². The predicted molar refractivity (Wildman–Crippen MR) is 53.6 cm³/mol. The van der Waals surface area contributed by atoms with E-state index in [0.717, 1.165) is 5.57 Å². The van der Waals surface area contributed by atoms with Gasteiger partial charge in [0.1, 0.15) is 13.0 Å². The van der Waals surface area contributed by atoms with Crippen LogP contribution in [0.3, 0.4) is 0 Å². The van der Waals surface area contributed by atoms with E-state index in [-0.39, 0.29) is 6.61 Å². The van der Waals surface area contributed by atoms with E-state index >= 15 is 0 Å². The fourth-order valence-electron chi connectivity index (χ4n) is 1.31. The third-order valence-electron chi connectivity index (χ3n) is 1.99. The minimum atomic E-state index is 0.148. The summed E-state index contributed by atoms with van der Waals surface area (Å²) in [6.45, 7) is 0.737. The first kappa shape index (κ1) is 8.96. The maximum atomic E-state index is 8.80. The van der Waals surface area contributed by atoms with Crippen molar-refractivity contribution < 1.29 is 5.11 Å². The smallest absolute Gasteiger partial charge is 0.129 e. The summed E-state index contributed by atoms with van der Waals surface area (Å²) in [7, 11) is 0. The van der Waals surface area contributed by atoms with Crippen molar-refractivity contribution >= 4 is 6.21 Å². The van der Waals surface area contributed by atoms with Crippen molar-refractivity contribution in [2.75, 3.05) is 18.3 Å². The molecule has 0 spiro atoms. The Morgan fingerprint density at radius 3 is 3.14 bits per heavy atom. The van der Waals surface area contributed by atoms with Crippen LogP contribution in [0.1, 0.15) is 6.42 Å². The molecule has 0 saturated heterocycles. The lowest BCUT2D eigenvalue weighted by molar-refractivity contribution is 0.301. The van der Waals surface area contributed by atoms with E-state index in [1.54, 1.807) is 18.7 Å². The third kappa shape index (κ3) is 1.82. The zero-order valence-corrected chi connectivity index (χ0v) is 7.74. The molecule has 0 unspecified atom stereocenters. The Balaban J connectivity index is 2.12. The molecule has 14 heavy (non-hydrogen) atoms. The quantitative estimate of drug-likeness (QED) is 0.740. The molecule has 0 bridgehead atoms. The SMILES string of the molecule is OCCC1=CN(n2ccnc2)CN=C1. The van der Waals surface area contributed by atoms with Crippen LogP contribution in [0.4, 0.5) is 0 Å². The number of hydrogen-bond donors (Lipinski definition) is 1. The molecule has 0 radical (unpaired) electrons. The van der Waals surface area contributed by atoms with E-state index in [1.165, 1.54) is 0 Å². The second-order valence-corrected chi connectivity index (χ2v) is 3.01. The average molecular weight is 192 g/mol. The van der Waals surface area contributed by atoms with Crippen LogP contribution in [0.2, 0.25) is 0 Å². The molecule has 1 aromatic rings. The van der Waals surface area contributed by atoms with Crippen LogP contribution in [0.15, 0.2) is 35.5 Å². The molecule has 5 heteroatoms. The van der Waals surface area contributed by atoms with Crippen molar-refractivity contribution in [3.05, 3.63) is 30.5 Å². The molecule has 0 atom stereocenters. The summed E-state index contributed by atoms with van der Waals surface area (Å²) >= 11 is 0. The number of aromatic nitrogens is 2. The molecule has 1 aromatic heterocycles. The summed E-state index contributed by atoms with van der Waals surface area (Å²) in [5, 5.41) is 10.7. The first-order chi connectivity index (χ1) is 6.90. The number of hydrogen-bond acceptors (Lipinski definition) is 4. The summed E-state index contributed by atoms with van der Waals surface area (Å²) < 4.78 is 1.86. The number of nitrogens with zero attached hydrogens (tertiary/aromatic N) is 4. The van der Waals surface area contributed by atoms with E-state index in [4.69, 9.17) is 5.11 Å². The van der Waals surface area contributed by atoms with E-state index in [1.807, 2.05) is 22.1 Å². The van der Waals surface area contributed by atoms with E-state index < -0.39 is 0 Å². The number of rotatable bonds is 3. The summed E-state index contributed by atoms with van der Waals surface area (Å²) in [6.07, 6.45) is 9.68. The largest absolute Gasteiger partial charge is 0.396 e. The lowest BCUT2D eigenvalue weighted by Crippen LogP contribution is -2.30. The zero-order chi connectivity index (χ0) is 9.80. The van der Waals surface area contributed by atoms with Gasteiger partial charge in [-0.15, -0.1) is 0 Å². The van der Waals surface area contributed by atoms with Crippen molar-refractivity contribution in [2.45, 2.75) is 6.42 Å². The highest BCUT2D eigenvalue weighted by atomic mass is 16.3. The molecular weight excluding hydrogens is 180 g/mol. The van der Waals surface area contributed by atoms with Crippen molar-refractivity contribution in [3.63, 3.8) is 0 Å². The summed E-state index contributed by atoms with van der Waals surface area (Å²) in [4.78, 5) is 8.15. The molecule has 0 amide bonds. The van der Waals surface area contributed by atoms with Gasteiger partial charge in [0, 0.05) is 31.4 Å². The highest BCUT2D eigenvalue weighted by Gasteiger charge is 2.06. The Kier molecular flexibility index (Phi) is 2.60. The summed E-state index contributed by atoms with van der Waals surface area (Å²) in [5.41, 5.74) is 1.02. The molecule has 1 aliphatic heterocycles. The van der Waals surface area contributed by atoms with E-state index in [0.29, 0.717) is 13.1 Å². The van der Waals surface area contributed by atoms with Gasteiger partial charge in [0.2, 0.25) is 0 Å². The van der Waals surface area contributed by atoms with Gasteiger partial charge >= 0.3 is 0 Å². The zero-order valence-electron chi connectivity index (χ0n) is 7.74.